The first-order valence-corrected chi connectivity index (χ1v) is 24.6. The number of allylic oxidation sites excluding steroid dienone is 1. The number of aldehydes is 1. The number of hydrogen-bond donors (Lipinski definition) is 2. The third-order valence-electron chi connectivity index (χ3n) is 14.2. The number of hydrogen-bond acceptors (Lipinski definition) is 10. The second-order valence-electron chi connectivity index (χ2n) is 18.6. The lowest BCUT2D eigenvalue weighted by atomic mass is 9.55. The predicted octanol–water partition coefficient (Wildman–Crippen LogP) is 11.5. The van der Waals surface area contributed by atoms with E-state index in [1.807, 2.05) is 83.8 Å². The van der Waals surface area contributed by atoms with E-state index in [0.717, 1.165) is 65.0 Å². The summed E-state index contributed by atoms with van der Waals surface area (Å²) in [4.78, 5) is 35.7. The summed E-state index contributed by atoms with van der Waals surface area (Å²) in [5.74, 6) is -1.07. The van der Waals surface area contributed by atoms with Crippen LogP contribution in [0.2, 0.25) is 0 Å². The molecule has 0 saturated heterocycles. The number of aliphatic hydroxyl groups is 2. The van der Waals surface area contributed by atoms with Crippen molar-refractivity contribution < 1.29 is 38.9 Å². The van der Waals surface area contributed by atoms with Crippen molar-refractivity contribution in [1.82, 2.24) is 4.90 Å². The van der Waals surface area contributed by atoms with Crippen LogP contribution < -0.4 is 9.47 Å². The number of amides is 1. The normalized spacial score (nSPS) is 21.5. The van der Waals surface area contributed by atoms with Crippen LogP contribution in [0.15, 0.2) is 169 Å². The fraction of sp³-hybridized carbons (Fsp3) is 0.300. The monoisotopic (exact) mass is 949 g/mol. The summed E-state index contributed by atoms with van der Waals surface area (Å²) in [5.41, 5.74) is 5.66. The van der Waals surface area contributed by atoms with Crippen LogP contribution in [0, 0.1) is 29.1 Å². The van der Waals surface area contributed by atoms with Crippen LogP contribution in [0.4, 0.5) is 0 Å². The van der Waals surface area contributed by atoms with Gasteiger partial charge in [0.2, 0.25) is 5.79 Å². The highest BCUT2D eigenvalue weighted by Gasteiger charge is 2.65. The van der Waals surface area contributed by atoms with E-state index in [9.17, 15) is 20.3 Å². The molecule has 0 radical (unpaired) electrons. The molecule has 1 heterocycles. The Morgan fingerprint density at radius 1 is 0.859 bits per heavy atom. The van der Waals surface area contributed by atoms with Crippen LogP contribution in [0.1, 0.15) is 93.8 Å². The molecule has 0 unspecified atom stereocenters. The zero-order chi connectivity index (χ0) is 49.2. The topological polar surface area (TPSA) is 151 Å². The smallest absolute Gasteiger partial charge is 0.254 e. The number of fused-ring (bicyclic) bond motifs is 3. The molecule has 0 bridgehead atoms. The number of ether oxygens (including phenoxy) is 3. The molecule has 1 fully saturated rings. The van der Waals surface area contributed by atoms with Gasteiger partial charge in [-0.3, -0.25) is 9.59 Å². The number of aliphatic hydroxyl groups excluding tert-OH is 2. The molecule has 6 aromatic rings. The molecule has 2 N–H and O–H groups in total. The highest BCUT2D eigenvalue weighted by atomic mass is 16.7. The minimum Gasteiger partial charge on any atom is -0.459 e. The van der Waals surface area contributed by atoms with E-state index >= 15 is 4.79 Å². The van der Waals surface area contributed by atoms with Gasteiger partial charge < -0.3 is 34.2 Å². The molecule has 362 valence electrons. The van der Waals surface area contributed by atoms with E-state index in [0.29, 0.717) is 52.5 Å². The molecule has 3 aliphatic rings. The minimum atomic E-state index is -1.53. The molecule has 1 aliphatic heterocycles. The lowest BCUT2D eigenvalue weighted by molar-refractivity contribution is -0.255. The van der Waals surface area contributed by atoms with Crippen LogP contribution in [-0.4, -0.2) is 64.7 Å². The largest absolute Gasteiger partial charge is 0.459 e. The molecule has 6 aromatic carbocycles. The number of oxime groups is 1. The number of carbonyl (C=O) groups excluding carboxylic acids is 2. The first kappa shape index (κ1) is 48.7. The number of carbonyl (C=O) groups is 2. The maximum atomic E-state index is 15.7. The van der Waals surface area contributed by atoms with Crippen LogP contribution in [0.25, 0.3) is 10.8 Å². The Morgan fingerprint density at radius 2 is 1.61 bits per heavy atom. The van der Waals surface area contributed by atoms with E-state index in [-0.39, 0.29) is 63.1 Å². The van der Waals surface area contributed by atoms with Gasteiger partial charge in [0.05, 0.1) is 29.9 Å². The Kier molecular flexibility index (Phi) is 15.5. The van der Waals surface area contributed by atoms with Gasteiger partial charge >= 0.3 is 0 Å². The summed E-state index contributed by atoms with van der Waals surface area (Å²) in [5, 5.41) is 37.0. The van der Waals surface area contributed by atoms with Crippen LogP contribution in [-0.2, 0) is 22.7 Å². The van der Waals surface area contributed by atoms with Crippen LogP contribution in [0.3, 0.4) is 0 Å². The fourth-order valence-corrected chi connectivity index (χ4v) is 11.0. The third kappa shape index (κ3) is 10.4. The molecule has 11 nitrogen and oxygen atoms in total. The molecule has 9 rings (SSSR count). The zero-order valence-corrected chi connectivity index (χ0v) is 39.8. The van der Waals surface area contributed by atoms with Gasteiger partial charge in [-0.05, 0) is 120 Å². The van der Waals surface area contributed by atoms with Gasteiger partial charge in [0.15, 0.2) is 0 Å². The summed E-state index contributed by atoms with van der Waals surface area (Å²) < 4.78 is 21.4. The molecule has 71 heavy (non-hydrogen) atoms. The summed E-state index contributed by atoms with van der Waals surface area (Å²) in [6.07, 6.45) is 9.35. The number of unbranched alkanes of at least 4 members (excludes halogenated alkanes) is 2. The molecule has 1 amide bonds. The van der Waals surface area contributed by atoms with E-state index in [1.165, 1.54) is 0 Å². The lowest BCUT2D eigenvalue weighted by Gasteiger charge is -2.60. The van der Waals surface area contributed by atoms with Gasteiger partial charge in [-0.1, -0.05) is 115 Å². The molecule has 2 aliphatic carbocycles. The highest BCUT2D eigenvalue weighted by Crippen LogP contribution is 2.62. The van der Waals surface area contributed by atoms with E-state index in [1.54, 1.807) is 48.5 Å². The summed E-state index contributed by atoms with van der Waals surface area (Å²) in [6, 6.07) is 45.0. The average Bonchev–Trinajstić information content (AvgIpc) is 3.41. The maximum absolute atomic E-state index is 15.7. The molecule has 0 aromatic heterocycles. The lowest BCUT2D eigenvalue weighted by Crippen LogP contribution is -2.70. The summed E-state index contributed by atoms with van der Waals surface area (Å²) in [6.45, 7) is 4.72. The first-order chi connectivity index (χ1) is 34.9. The minimum absolute atomic E-state index is 0.0105. The average molecular weight is 950 g/mol. The van der Waals surface area contributed by atoms with Crippen molar-refractivity contribution in [2.45, 2.75) is 75.8 Å². The molecule has 0 spiro atoms. The Morgan fingerprint density at radius 3 is 2.38 bits per heavy atom. The molecule has 11 heteroatoms. The third-order valence-corrected chi connectivity index (χ3v) is 14.2. The molecular weight excluding hydrogens is 891 g/mol. The Balaban J connectivity index is 1.28. The Bertz CT molecular complexity index is 2940. The van der Waals surface area contributed by atoms with Crippen LogP contribution in [0.5, 0.6) is 17.2 Å². The van der Waals surface area contributed by atoms with E-state index < -0.39 is 17.7 Å². The van der Waals surface area contributed by atoms with Gasteiger partial charge in [-0.25, -0.2) is 0 Å². The van der Waals surface area contributed by atoms with Gasteiger partial charge in [0.1, 0.15) is 36.2 Å². The van der Waals surface area contributed by atoms with Gasteiger partial charge in [-0.2, -0.15) is 5.26 Å². The number of benzene rings is 6. The number of nitriles is 1. The molecular formula is C60H59N3O8. The first-order valence-electron chi connectivity index (χ1n) is 24.6. The quantitative estimate of drug-likeness (QED) is 0.0311. The van der Waals surface area contributed by atoms with E-state index in [2.05, 4.69) is 36.9 Å². The summed E-state index contributed by atoms with van der Waals surface area (Å²) >= 11 is 0. The van der Waals surface area contributed by atoms with Crippen molar-refractivity contribution >= 4 is 28.7 Å². The van der Waals surface area contributed by atoms with Crippen molar-refractivity contribution in [3.63, 3.8) is 0 Å². The van der Waals surface area contributed by atoms with Crippen molar-refractivity contribution in [2.75, 3.05) is 19.8 Å². The van der Waals surface area contributed by atoms with Crippen molar-refractivity contribution in [1.29, 1.82) is 5.26 Å². The maximum Gasteiger partial charge on any atom is 0.254 e. The number of nitrogens with zero attached hydrogens (tertiary/aromatic N) is 3. The van der Waals surface area contributed by atoms with Crippen LogP contribution >= 0.6 is 0 Å². The van der Waals surface area contributed by atoms with Crippen molar-refractivity contribution in [3.8, 4) is 23.3 Å². The predicted molar refractivity (Wildman–Crippen MR) is 273 cm³/mol. The second-order valence-corrected chi connectivity index (χ2v) is 18.6. The van der Waals surface area contributed by atoms with Gasteiger partial charge in [0, 0.05) is 48.8 Å². The second kappa shape index (κ2) is 22.6. The summed E-state index contributed by atoms with van der Waals surface area (Å²) in [7, 11) is 0. The standard InChI is InChI=1S/C60H59N3O8/c1-2-32-68-60-56(63(59(67)45-26-24-41(37-61)25-27-45)38-47-20-13-19-44-17-6-7-22-50(44)47)36-54(62-69-40-42-14-4-3-5-15-42)52-34-46(18-8-10-30-64)51(23-9-11-31-65)57(58(52)60)53-35-49(28-29-55(53)71-60)70-48-21-12-16-43(33-48)39-66/h2-7,12-17,19-22,24-29,33-35,39,46,51,56-58,64-65H,1,8-11,18,23,30-32,36,38,40H2/t46-,51+,56-,57+,58+,60+/m0/s1. The SMILES string of the molecule is C=CCO[C@@]12Oc3ccc(Oc4cccc(C=O)c4)cc3[C@H]3[C@H](CCCCO)[C@@H](CCCCO)C=C(C(=NOCc4ccccc4)C[C@@H]1N(Cc1cccc4ccccc14)C(=O)c1ccc(C#N)cc1)[C@H]32. The van der Waals surface area contributed by atoms with Gasteiger partial charge in [-0.15, -0.1) is 6.58 Å². The van der Waals surface area contributed by atoms with Crippen molar-refractivity contribution in [2.24, 2.45) is 22.9 Å². The number of rotatable bonds is 21. The van der Waals surface area contributed by atoms with Gasteiger partial charge in [0.25, 0.3) is 5.91 Å². The molecule has 6 atom stereocenters. The zero-order valence-electron chi connectivity index (χ0n) is 39.8. The Labute approximate surface area is 415 Å². The Hall–Kier alpha value is -7.36. The van der Waals surface area contributed by atoms with Crippen molar-refractivity contribution in [3.05, 3.63) is 197 Å². The highest BCUT2D eigenvalue weighted by molar-refractivity contribution is 6.03. The fourth-order valence-electron chi connectivity index (χ4n) is 11.0. The molecule has 1 saturated carbocycles. The van der Waals surface area contributed by atoms with E-state index in [4.69, 9.17) is 24.2 Å².